The number of benzene rings is 2. The summed E-state index contributed by atoms with van der Waals surface area (Å²) in [6.45, 7) is 13.9. The average molecular weight is 739 g/mol. The number of aryl methyl sites for hydroxylation is 1. The Hall–Kier alpha value is -3.74. The van der Waals surface area contributed by atoms with Crippen molar-refractivity contribution >= 4 is 16.9 Å². The van der Waals surface area contributed by atoms with E-state index in [4.69, 9.17) is 23.4 Å². The van der Waals surface area contributed by atoms with Gasteiger partial charge in [-0.05, 0) is 129 Å². The second-order valence-corrected chi connectivity index (χ2v) is 18.2. The van der Waals surface area contributed by atoms with Gasteiger partial charge in [-0.15, -0.1) is 0 Å². The van der Waals surface area contributed by atoms with Crippen LogP contribution >= 0.6 is 0 Å². The Balaban J connectivity index is 0.933. The average Bonchev–Trinajstić information content (AvgIpc) is 3.15. The van der Waals surface area contributed by atoms with Crippen LogP contribution in [0.4, 0.5) is 0 Å². The van der Waals surface area contributed by atoms with Crippen LogP contribution in [0.2, 0.25) is 0 Å². The Labute approximate surface area is 322 Å². The van der Waals surface area contributed by atoms with E-state index in [0.717, 1.165) is 54.8 Å². The van der Waals surface area contributed by atoms with E-state index in [9.17, 15) is 9.59 Å². The maximum absolute atomic E-state index is 13.3. The van der Waals surface area contributed by atoms with Crippen molar-refractivity contribution < 1.29 is 28.2 Å². The van der Waals surface area contributed by atoms with E-state index in [1.165, 1.54) is 63.4 Å². The van der Waals surface area contributed by atoms with Crippen LogP contribution in [0.15, 0.2) is 63.3 Å². The number of ether oxygens (including phenoxy) is 4. The van der Waals surface area contributed by atoms with E-state index in [0.29, 0.717) is 39.4 Å². The maximum atomic E-state index is 13.3. The molecule has 0 N–H and O–H groups in total. The molecule has 4 aliphatic carbocycles. The Kier molecular flexibility index (Phi) is 11.3. The van der Waals surface area contributed by atoms with Gasteiger partial charge in [-0.25, -0.2) is 4.79 Å². The van der Waals surface area contributed by atoms with Gasteiger partial charge in [-0.2, -0.15) is 0 Å². The van der Waals surface area contributed by atoms with Crippen molar-refractivity contribution in [2.75, 3.05) is 13.7 Å². The van der Waals surface area contributed by atoms with Gasteiger partial charge < -0.3 is 23.4 Å². The fourth-order valence-electron chi connectivity index (χ4n) is 11.2. The molecule has 2 aromatic carbocycles. The van der Waals surface area contributed by atoms with Crippen LogP contribution in [0.25, 0.3) is 11.0 Å². The monoisotopic (exact) mass is 738 g/mol. The molecular weight excluding hydrogens is 677 g/mol. The van der Waals surface area contributed by atoms with Crippen molar-refractivity contribution in [3.63, 3.8) is 0 Å². The first-order chi connectivity index (χ1) is 25.9. The van der Waals surface area contributed by atoms with Crippen LogP contribution < -0.4 is 19.6 Å². The fraction of sp³-hybridized carbons (Fsp3) is 0.617. The van der Waals surface area contributed by atoms with Gasteiger partial charge in [0.05, 0.1) is 12.5 Å². The lowest BCUT2D eigenvalue weighted by Gasteiger charge is -2.61. The first kappa shape index (κ1) is 38.5. The topological polar surface area (TPSA) is 84.2 Å². The quantitative estimate of drug-likeness (QED) is 0.135. The minimum atomic E-state index is -0.374. The van der Waals surface area contributed by atoms with Gasteiger partial charge in [0.15, 0.2) is 6.61 Å². The second kappa shape index (κ2) is 15.8. The second-order valence-electron chi connectivity index (χ2n) is 18.2. The molecule has 1 heterocycles. The molecule has 292 valence electrons. The van der Waals surface area contributed by atoms with Gasteiger partial charge in [0.2, 0.25) is 11.2 Å². The summed E-state index contributed by atoms with van der Waals surface area (Å²) >= 11 is 0. The highest BCUT2D eigenvalue weighted by Gasteiger charge is 2.56. The van der Waals surface area contributed by atoms with E-state index in [-0.39, 0.29) is 35.3 Å². The minimum Gasteiger partial charge on any atom is -0.497 e. The van der Waals surface area contributed by atoms with E-state index in [1.807, 2.05) is 0 Å². The molecule has 7 rings (SSSR count). The molecule has 4 aliphatic rings. The van der Waals surface area contributed by atoms with E-state index < -0.39 is 0 Å². The van der Waals surface area contributed by atoms with Gasteiger partial charge in [0.1, 0.15) is 34.7 Å². The molecule has 0 aliphatic heterocycles. The third-order valence-electron chi connectivity index (χ3n) is 14.3. The third-order valence-corrected chi connectivity index (χ3v) is 14.3. The lowest BCUT2D eigenvalue weighted by atomic mass is 9.44. The summed E-state index contributed by atoms with van der Waals surface area (Å²) in [6.07, 6.45) is 17.5. The number of carbonyl (C=O) groups is 1. The summed E-state index contributed by atoms with van der Waals surface area (Å²) in [4.78, 5) is 26.4. The van der Waals surface area contributed by atoms with Crippen LogP contribution in [-0.4, -0.2) is 25.8 Å². The molecule has 3 fully saturated rings. The number of carbonyl (C=O) groups excluding carboxylic acids is 1. The predicted octanol–water partition coefficient (Wildman–Crippen LogP) is 11.6. The molecule has 7 heteroatoms. The molecule has 8 atom stereocenters. The third kappa shape index (κ3) is 7.84. The lowest BCUT2D eigenvalue weighted by Crippen LogP contribution is -2.52. The van der Waals surface area contributed by atoms with E-state index >= 15 is 0 Å². The summed E-state index contributed by atoms with van der Waals surface area (Å²) in [6, 6.07) is 12.0. The number of rotatable bonds is 12. The molecule has 0 spiro atoms. The molecule has 3 aromatic rings. The van der Waals surface area contributed by atoms with Crippen molar-refractivity contribution in [3.05, 3.63) is 70.1 Å². The zero-order chi connectivity index (χ0) is 38.2. The predicted molar refractivity (Wildman–Crippen MR) is 213 cm³/mol. The molecule has 0 bridgehead atoms. The zero-order valence-corrected chi connectivity index (χ0v) is 33.7. The summed E-state index contributed by atoms with van der Waals surface area (Å²) in [5.41, 5.74) is 2.27. The van der Waals surface area contributed by atoms with E-state index in [1.54, 1.807) is 56.5 Å². The highest BCUT2D eigenvalue weighted by atomic mass is 16.6. The largest absolute Gasteiger partial charge is 0.497 e. The van der Waals surface area contributed by atoms with Gasteiger partial charge in [-0.1, -0.05) is 71.6 Å². The fourth-order valence-corrected chi connectivity index (χ4v) is 11.2. The number of hydrogen-bond acceptors (Lipinski definition) is 7. The van der Waals surface area contributed by atoms with Crippen molar-refractivity contribution in [3.8, 4) is 23.0 Å². The van der Waals surface area contributed by atoms with Gasteiger partial charge >= 0.3 is 5.97 Å². The highest BCUT2D eigenvalue weighted by molar-refractivity contribution is 5.80. The van der Waals surface area contributed by atoms with Crippen LogP contribution in [0.1, 0.15) is 117 Å². The first-order valence-electron chi connectivity index (χ1n) is 20.8. The Bertz CT molecular complexity index is 1910. The number of hydrogen-bond donors (Lipinski definition) is 0. The van der Waals surface area contributed by atoms with Gasteiger partial charge in [0.25, 0.3) is 0 Å². The molecule has 0 saturated heterocycles. The molecular formula is C47H62O7. The Morgan fingerprint density at radius 2 is 1.76 bits per heavy atom. The molecule has 1 aromatic heterocycles. The van der Waals surface area contributed by atoms with Gasteiger partial charge in [0, 0.05) is 18.6 Å². The van der Waals surface area contributed by atoms with Crippen molar-refractivity contribution in [1.29, 1.82) is 0 Å². The zero-order valence-electron chi connectivity index (χ0n) is 33.7. The van der Waals surface area contributed by atoms with Crippen LogP contribution in [-0.2, 0) is 9.53 Å². The van der Waals surface area contributed by atoms with Gasteiger partial charge in [-0.3, -0.25) is 4.79 Å². The summed E-state index contributed by atoms with van der Waals surface area (Å²) in [7, 11) is 1.58. The summed E-state index contributed by atoms with van der Waals surface area (Å²) < 4.78 is 29.0. The molecule has 54 heavy (non-hydrogen) atoms. The van der Waals surface area contributed by atoms with Crippen molar-refractivity contribution in [1.82, 2.24) is 0 Å². The maximum Gasteiger partial charge on any atom is 0.344 e. The molecule has 0 unspecified atom stereocenters. The standard InChI is InChI=1S/C47H62O7/c1-29(2)10-8-11-30(3)32-14-19-40-38-17-15-33-24-37(20-23-47(33,6)41(38)21-22-46(40,5)27-32)53-43(48)28-51-35-16-18-39-42(26-35)52-31(4)45(44(39)49)54-36-13-9-12-34(25-36)50-7/h9,12-13,15-16,18,25-26,29-30,32,37-38,40-41H,8,10-11,14,17,19-24,27-28H2,1-7H3/t30-,32+,37+,38-,40+,41-,46+,47-/m0/s1. The highest BCUT2D eigenvalue weighted by Crippen LogP contribution is 2.65. The first-order valence-corrected chi connectivity index (χ1v) is 20.8. The number of esters is 1. The van der Waals surface area contributed by atoms with Crippen LogP contribution in [0.3, 0.4) is 0 Å². The van der Waals surface area contributed by atoms with Crippen molar-refractivity contribution in [2.24, 2.45) is 46.3 Å². The SMILES string of the molecule is COc1cccc(Oc2c(C)oc3cc(OCC(=O)O[C@@H]4CC[C@@]5(C)C(=CC[C@H]6[C@H]7CC[C@@H]([C@@H](C)CCCC(C)C)C[C@@]7(C)CC[C@@H]65)C4)ccc3c2=O)c1. The molecule has 7 nitrogen and oxygen atoms in total. The Morgan fingerprint density at radius 1 is 0.944 bits per heavy atom. The Morgan fingerprint density at radius 3 is 2.56 bits per heavy atom. The summed E-state index contributed by atoms with van der Waals surface area (Å²) in [5.74, 6) is 6.50. The summed E-state index contributed by atoms with van der Waals surface area (Å²) in [5, 5.41) is 0.360. The van der Waals surface area contributed by atoms with E-state index in [2.05, 4.69) is 40.7 Å². The van der Waals surface area contributed by atoms with Crippen LogP contribution in [0.5, 0.6) is 23.0 Å². The number of allylic oxidation sites excluding steroid dienone is 1. The number of methoxy groups -OCH3 is 1. The normalized spacial score (nSPS) is 29.7. The minimum absolute atomic E-state index is 0.113. The lowest BCUT2D eigenvalue weighted by molar-refractivity contribution is -0.154. The van der Waals surface area contributed by atoms with Crippen LogP contribution in [0, 0.1) is 53.3 Å². The molecule has 3 saturated carbocycles. The number of fused-ring (bicyclic) bond motifs is 6. The molecule has 0 amide bonds. The van der Waals surface area contributed by atoms with Crippen molar-refractivity contribution in [2.45, 2.75) is 125 Å². The molecule has 0 radical (unpaired) electrons. The smallest absolute Gasteiger partial charge is 0.344 e.